The van der Waals surface area contributed by atoms with E-state index in [4.69, 9.17) is 0 Å². The van der Waals surface area contributed by atoms with E-state index in [9.17, 15) is 13.2 Å². The zero-order chi connectivity index (χ0) is 14.9. The van der Waals surface area contributed by atoms with Crippen LogP contribution < -0.4 is 10.6 Å². The second-order valence-electron chi connectivity index (χ2n) is 6.47. The smallest absolute Gasteiger partial charge is 0.237 e. The van der Waals surface area contributed by atoms with Gasteiger partial charge in [-0.25, -0.2) is 12.7 Å². The molecule has 22 heavy (non-hydrogen) atoms. The van der Waals surface area contributed by atoms with E-state index in [1.807, 2.05) is 0 Å². The van der Waals surface area contributed by atoms with Crippen LogP contribution in [0.1, 0.15) is 38.5 Å². The Labute approximate surface area is 138 Å². The summed E-state index contributed by atoms with van der Waals surface area (Å²) >= 11 is 0. The fourth-order valence-electron chi connectivity index (χ4n) is 3.89. The number of halogens is 1. The quantitative estimate of drug-likeness (QED) is 0.772. The second kappa shape index (κ2) is 7.47. The van der Waals surface area contributed by atoms with Gasteiger partial charge in [-0.1, -0.05) is 12.8 Å². The maximum Gasteiger partial charge on any atom is 0.237 e. The van der Waals surface area contributed by atoms with Gasteiger partial charge in [0.15, 0.2) is 0 Å². The predicted octanol–water partition coefficient (Wildman–Crippen LogP) is 0.481. The standard InChI is InChI=1S/C14H25N3O3S.ClH/c18-14(13-10-11-4-1-2-5-12(11)16-13)15-6-8-17-7-3-9-21(17,19)20;/h11-13,16H,1-10H2,(H,15,18);1H. The number of fused-ring (bicyclic) bond motifs is 1. The molecule has 0 bridgehead atoms. The Morgan fingerprint density at radius 1 is 1.23 bits per heavy atom. The summed E-state index contributed by atoms with van der Waals surface area (Å²) in [7, 11) is -3.05. The minimum absolute atomic E-state index is 0. The molecule has 6 nitrogen and oxygen atoms in total. The van der Waals surface area contributed by atoms with Crippen molar-refractivity contribution in [2.75, 3.05) is 25.4 Å². The fourth-order valence-corrected chi connectivity index (χ4v) is 5.42. The van der Waals surface area contributed by atoms with Crippen LogP contribution in [0.15, 0.2) is 0 Å². The van der Waals surface area contributed by atoms with Gasteiger partial charge < -0.3 is 10.6 Å². The lowest BCUT2D eigenvalue weighted by atomic mass is 9.85. The Morgan fingerprint density at radius 3 is 2.68 bits per heavy atom. The van der Waals surface area contributed by atoms with Crippen LogP contribution in [0.4, 0.5) is 0 Å². The van der Waals surface area contributed by atoms with Gasteiger partial charge in [0.2, 0.25) is 15.9 Å². The first-order valence-electron chi connectivity index (χ1n) is 8.08. The molecule has 2 aliphatic heterocycles. The van der Waals surface area contributed by atoms with Gasteiger partial charge in [0.25, 0.3) is 0 Å². The molecular formula is C14H26ClN3O3S. The lowest BCUT2D eigenvalue weighted by molar-refractivity contribution is -0.122. The van der Waals surface area contributed by atoms with Crippen molar-refractivity contribution in [2.24, 2.45) is 5.92 Å². The van der Waals surface area contributed by atoms with Crippen molar-refractivity contribution in [3.8, 4) is 0 Å². The number of hydrogen-bond donors (Lipinski definition) is 2. The molecule has 1 aliphatic carbocycles. The number of rotatable bonds is 4. The van der Waals surface area contributed by atoms with E-state index >= 15 is 0 Å². The van der Waals surface area contributed by atoms with Crippen molar-refractivity contribution in [1.82, 2.24) is 14.9 Å². The molecule has 3 rings (SSSR count). The van der Waals surface area contributed by atoms with Gasteiger partial charge in [0.05, 0.1) is 11.8 Å². The molecular weight excluding hydrogens is 326 g/mol. The Balaban J connectivity index is 0.00000176. The first-order valence-corrected chi connectivity index (χ1v) is 9.69. The molecule has 0 aromatic carbocycles. The van der Waals surface area contributed by atoms with E-state index in [0.717, 1.165) is 6.42 Å². The van der Waals surface area contributed by atoms with Crippen LogP contribution in [-0.2, 0) is 14.8 Å². The number of nitrogens with zero attached hydrogens (tertiary/aromatic N) is 1. The lowest BCUT2D eigenvalue weighted by Crippen LogP contribution is -2.45. The highest BCUT2D eigenvalue weighted by atomic mass is 35.5. The third-order valence-corrected chi connectivity index (χ3v) is 7.00. The van der Waals surface area contributed by atoms with Crippen LogP contribution in [0, 0.1) is 5.92 Å². The first kappa shape index (κ1) is 18.0. The van der Waals surface area contributed by atoms with Crippen LogP contribution in [0.5, 0.6) is 0 Å². The molecule has 0 radical (unpaired) electrons. The summed E-state index contributed by atoms with van der Waals surface area (Å²) in [6, 6.07) is 0.418. The van der Waals surface area contributed by atoms with Crippen LogP contribution in [0.25, 0.3) is 0 Å². The van der Waals surface area contributed by atoms with Crippen LogP contribution in [0.3, 0.4) is 0 Å². The minimum atomic E-state index is -3.05. The van der Waals surface area contributed by atoms with Gasteiger partial charge in [-0.15, -0.1) is 12.4 Å². The Hall–Kier alpha value is -0.370. The highest BCUT2D eigenvalue weighted by Gasteiger charge is 2.38. The number of amides is 1. The Morgan fingerprint density at radius 2 is 2.00 bits per heavy atom. The molecule has 3 fully saturated rings. The topological polar surface area (TPSA) is 78.5 Å². The monoisotopic (exact) mass is 351 g/mol. The average Bonchev–Trinajstić information content (AvgIpc) is 3.02. The lowest BCUT2D eigenvalue weighted by Gasteiger charge is -2.24. The molecule has 3 atom stereocenters. The van der Waals surface area contributed by atoms with Crippen LogP contribution >= 0.6 is 12.4 Å². The third kappa shape index (κ3) is 3.93. The van der Waals surface area contributed by atoms with Crippen molar-refractivity contribution in [3.63, 3.8) is 0 Å². The van der Waals surface area contributed by atoms with Crippen molar-refractivity contribution in [3.05, 3.63) is 0 Å². The van der Waals surface area contributed by atoms with Crippen LogP contribution in [0.2, 0.25) is 0 Å². The van der Waals surface area contributed by atoms with Gasteiger partial charge in [0, 0.05) is 25.7 Å². The Kier molecular flexibility index (Phi) is 6.10. The molecule has 0 aromatic heterocycles. The van der Waals surface area contributed by atoms with Gasteiger partial charge in [-0.05, 0) is 31.6 Å². The largest absolute Gasteiger partial charge is 0.353 e. The maximum atomic E-state index is 12.2. The van der Waals surface area contributed by atoms with E-state index in [1.54, 1.807) is 0 Å². The fraction of sp³-hybridized carbons (Fsp3) is 0.929. The molecule has 1 saturated carbocycles. The van der Waals surface area contributed by atoms with Crippen molar-refractivity contribution in [2.45, 2.75) is 50.6 Å². The van der Waals surface area contributed by atoms with Gasteiger partial charge in [-0.3, -0.25) is 4.79 Å². The third-order valence-electron chi connectivity index (χ3n) is 5.04. The molecule has 2 N–H and O–H groups in total. The van der Waals surface area contributed by atoms with Crippen LogP contribution in [-0.4, -0.2) is 56.1 Å². The zero-order valence-corrected chi connectivity index (χ0v) is 14.4. The van der Waals surface area contributed by atoms with E-state index in [2.05, 4.69) is 10.6 Å². The van der Waals surface area contributed by atoms with E-state index in [-0.39, 0.29) is 30.1 Å². The number of nitrogens with one attached hydrogen (secondary N) is 2. The SMILES string of the molecule is Cl.O=C(NCCN1CCCS1(=O)=O)C1CC2CCCCC2N1. The molecule has 1 amide bonds. The molecule has 0 aromatic rings. The summed E-state index contributed by atoms with van der Waals surface area (Å²) in [5.41, 5.74) is 0. The van der Waals surface area contributed by atoms with E-state index in [0.29, 0.717) is 38.0 Å². The number of carbonyl (C=O) groups is 1. The molecule has 3 unspecified atom stereocenters. The molecule has 128 valence electrons. The second-order valence-corrected chi connectivity index (χ2v) is 8.55. The van der Waals surface area contributed by atoms with E-state index < -0.39 is 10.0 Å². The number of carbonyl (C=O) groups excluding carboxylic acids is 1. The van der Waals surface area contributed by atoms with Gasteiger partial charge >= 0.3 is 0 Å². The first-order chi connectivity index (χ1) is 10.1. The zero-order valence-electron chi connectivity index (χ0n) is 12.8. The Bertz CT molecular complexity index is 486. The number of hydrogen-bond acceptors (Lipinski definition) is 4. The normalized spacial score (nSPS) is 33.9. The minimum Gasteiger partial charge on any atom is -0.353 e. The number of sulfonamides is 1. The summed E-state index contributed by atoms with van der Waals surface area (Å²) in [6.45, 7) is 1.39. The molecule has 8 heteroatoms. The van der Waals surface area contributed by atoms with Gasteiger partial charge in [0.1, 0.15) is 0 Å². The molecule has 2 saturated heterocycles. The summed E-state index contributed by atoms with van der Waals surface area (Å²) < 4.78 is 24.8. The van der Waals surface area contributed by atoms with Crippen molar-refractivity contribution in [1.29, 1.82) is 0 Å². The molecule has 2 heterocycles. The van der Waals surface area contributed by atoms with Crippen molar-refractivity contribution < 1.29 is 13.2 Å². The summed E-state index contributed by atoms with van der Waals surface area (Å²) in [4.78, 5) is 12.2. The molecule has 0 spiro atoms. The summed E-state index contributed by atoms with van der Waals surface area (Å²) in [6.07, 6.45) is 6.58. The highest BCUT2D eigenvalue weighted by Crippen LogP contribution is 2.33. The van der Waals surface area contributed by atoms with Gasteiger partial charge in [-0.2, -0.15) is 0 Å². The molecule has 3 aliphatic rings. The van der Waals surface area contributed by atoms with E-state index in [1.165, 1.54) is 30.0 Å². The summed E-state index contributed by atoms with van der Waals surface area (Å²) in [5.74, 6) is 0.920. The highest BCUT2D eigenvalue weighted by molar-refractivity contribution is 7.89. The van der Waals surface area contributed by atoms with Crippen molar-refractivity contribution >= 4 is 28.3 Å². The predicted molar refractivity (Wildman–Crippen MR) is 87.5 cm³/mol. The average molecular weight is 352 g/mol. The maximum absolute atomic E-state index is 12.2. The summed E-state index contributed by atoms with van der Waals surface area (Å²) in [5, 5.41) is 6.33.